The molecule has 5 nitrogen and oxygen atoms in total. The van der Waals surface area contributed by atoms with E-state index in [0.29, 0.717) is 19.7 Å². The van der Waals surface area contributed by atoms with Crippen LogP contribution in [0.25, 0.3) is 0 Å². The van der Waals surface area contributed by atoms with Crippen LogP contribution in [0.4, 0.5) is 11.4 Å². The van der Waals surface area contributed by atoms with Crippen molar-refractivity contribution in [3.63, 3.8) is 0 Å². The second-order valence-corrected chi connectivity index (χ2v) is 6.30. The van der Waals surface area contributed by atoms with Crippen molar-refractivity contribution in [2.45, 2.75) is 13.8 Å². The van der Waals surface area contributed by atoms with Crippen molar-refractivity contribution < 1.29 is 14.3 Å². The lowest BCUT2D eigenvalue weighted by Crippen LogP contribution is -2.38. The van der Waals surface area contributed by atoms with E-state index in [4.69, 9.17) is 4.74 Å². The number of fused-ring (bicyclic) bond motifs is 1. The van der Waals surface area contributed by atoms with Gasteiger partial charge in [0, 0.05) is 6.54 Å². The van der Waals surface area contributed by atoms with Gasteiger partial charge in [0.1, 0.15) is 12.4 Å². The number of amides is 2. The van der Waals surface area contributed by atoms with Gasteiger partial charge in [0.05, 0.1) is 23.8 Å². The largest absolute Gasteiger partial charge is 0.492 e. The van der Waals surface area contributed by atoms with Crippen molar-refractivity contribution in [3.8, 4) is 5.75 Å². The Balaban J connectivity index is 1.79. The Kier molecular flexibility index (Phi) is 5.03. The molecule has 1 aliphatic heterocycles. The highest BCUT2D eigenvalue weighted by molar-refractivity contribution is 6.02. The minimum absolute atomic E-state index is 0.00399. The molecular weight excluding hydrogens is 316 g/mol. The fraction of sp³-hybridized carbons (Fsp3) is 0.300. The summed E-state index contributed by atoms with van der Waals surface area (Å²) in [4.78, 5) is 27.5. The monoisotopic (exact) mass is 338 g/mol. The van der Waals surface area contributed by atoms with E-state index in [1.807, 2.05) is 62.4 Å². The summed E-state index contributed by atoms with van der Waals surface area (Å²) in [6.07, 6.45) is 0.787. The van der Waals surface area contributed by atoms with E-state index in [1.54, 1.807) is 9.80 Å². The summed E-state index contributed by atoms with van der Waals surface area (Å²) in [7, 11) is 0. The molecule has 2 aromatic rings. The van der Waals surface area contributed by atoms with Gasteiger partial charge in [-0.1, -0.05) is 36.8 Å². The molecule has 3 rings (SSSR count). The lowest BCUT2D eigenvalue weighted by atomic mass is 10.1. The van der Waals surface area contributed by atoms with Crippen molar-refractivity contribution in [1.29, 1.82) is 0 Å². The minimum atomic E-state index is -0.267. The molecule has 0 saturated carbocycles. The zero-order valence-electron chi connectivity index (χ0n) is 14.5. The predicted octanol–water partition coefficient (Wildman–Crippen LogP) is 3.02. The summed E-state index contributed by atoms with van der Waals surface area (Å²) in [6, 6.07) is 15.3. The van der Waals surface area contributed by atoms with Crippen molar-refractivity contribution in [2.24, 2.45) is 5.92 Å². The first-order valence-corrected chi connectivity index (χ1v) is 8.42. The van der Waals surface area contributed by atoms with Gasteiger partial charge in [-0.3, -0.25) is 9.59 Å². The number of aryl methyl sites for hydroxylation is 1. The molecule has 5 heteroatoms. The zero-order valence-corrected chi connectivity index (χ0v) is 14.5. The Hall–Kier alpha value is -2.82. The molecular formula is C20H22N2O3. The van der Waals surface area contributed by atoms with E-state index in [1.165, 1.54) is 5.56 Å². The molecule has 0 aliphatic carbocycles. The van der Waals surface area contributed by atoms with Gasteiger partial charge in [0.2, 0.25) is 12.3 Å². The van der Waals surface area contributed by atoms with Crippen LogP contribution in [0.1, 0.15) is 12.5 Å². The van der Waals surface area contributed by atoms with Crippen LogP contribution in [-0.4, -0.2) is 32.0 Å². The summed E-state index contributed by atoms with van der Waals surface area (Å²) < 4.78 is 5.78. The molecule has 0 saturated heterocycles. The van der Waals surface area contributed by atoms with E-state index < -0.39 is 0 Å². The van der Waals surface area contributed by atoms with Gasteiger partial charge in [0.25, 0.3) is 0 Å². The Morgan fingerprint density at radius 1 is 1.12 bits per heavy atom. The highest BCUT2D eigenvalue weighted by Crippen LogP contribution is 2.33. The smallest absolute Gasteiger partial charge is 0.231 e. The van der Waals surface area contributed by atoms with Gasteiger partial charge in [-0.2, -0.15) is 0 Å². The normalized spacial score (nSPS) is 17.0. The number of hydrogen-bond acceptors (Lipinski definition) is 3. The number of carbonyl (C=O) groups is 2. The van der Waals surface area contributed by atoms with E-state index in [-0.39, 0.29) is 11.8 Å². The Labute approximate surface area is 147 Å². The number of benzene rings is 2. The highest BCUT2D eigenvalue weighted by Gasteiger charge is 2.30. The second-order valence-electron chi connectivity index (χ2n) is 6.30. The predicted molar refractivity (Wildman–Crippen MR) is 98.0 cm³/mol. The molecule has 0 N–H and O–H groups in total. The first-order chi connectivity index (χ1) is 12.1. The van der Waals surface area contributed by atoms with E-state index in [2.05, 4.69) is 0 Å². The highest BCUT2D eigenvalue weighted by atomic mass is 16.5. The second kappa shape index (κ2) is 7.38. The molecule has 25 heavy (non-hydrogen) atoms. The lowest BCUT2D eigenvalue weighted by molar-refractivity contribution is -0.121. The van der Waals surface area contributed by atoms with Crippen LogP contribution in [0.3, 0.4) is 0 Å². The van der Waals surface area contributed by atoms with Crippen LogP contribution in [0.2, 0.25) is 0 Å². The molecule has 2 amide bonds. The maximum atomic E-state index is 12.8. The van der Waals surface area contributed by atoms with Crippen molar-refractivity contribution in [3.05, 3.63) is 54.1 Å². The van der Waals surface area contributed by atoms with E-state index >= 15 is 0 Å². The van der Waals surface area contributed by atoms with Crippen molar-refractivity contribution in [2.75, 3.05) is 29.5 Å². The first kappa shape index (κ1) is 17.0. The summed E-state index contributed by atoms with van der Waals surface area (Å²) >= 11 is 0. The van der Waals surface area contributed by atoms with Gasteiger partial charge in [-0.25, -0.2) is 0 Å². The molecule has 1 atom stereocenters. The topological polar surface area (TPSA) is 49.9 Å². The van der Waals surface area contributed by atoms with Gasteiger partial charge in [0.15, 0.2) is 0 Å². The van der Waals surface area contributed by atoms with E-state index in [9.17, 15) is 9.59 Å². The summed E-state index contributed by atoms with van der Waals surface area (Å²) in [5, 5.41) is 0. The minimum Gasteiger partial charge on any atom is -0.492 e. The first-order valence-electron chi connectivity index (χ1n) is 8.42. The fourth-order valence-electron chi connectivity index (χ4n) is 3.01. The Bertz CT molecular complexity index is 758. The third-order valence-corrected chi connectivity index (χ3v) is 4.37. The number of nitrogens with zero attached hydrogens (tertiary/aromatic N) is 2. The molecule has 1 heterocycles. The van der Waals surface area contributed by atoms with Crippen LogP contribution >= 0.6 is 0 Å². The maximum Gasteiger partial charge on any atom is 0.231 e. The average molecular weight is 338 g/mol. The van der Waals surface area contributed by atoms with Crippen molar-refractivity contribution in [1.82, 2.24) is 0 Å². The number of anilines is 2. The van der Waals surface area contributed by atoms with Gasteiger partial charge in [-0.05, 0) is 31.2 Å². The third-order valence-electron chi connectivity index (χ3n) is 4.37. The molecule has 0 spiro atoms. The molecule has 130 valence electrons. The number of ether oxygens (including phenoxy) is 1. The molecule has 0 aromatic heterocycles. The molecule has 2 aromatic carbocycles. The SMILES string of the molecule is Cc1ccc(OCCN2C(=O)C(C)CN(C=O)c3ccccc32)cc1. The van der Waals surface area contributed by atoms with Gasteiger partial charge >= 0.3 is 0 Å². The Morgan fingerprint density at radius 3 is 2.48 bits per heavy atom. The van der Waals surface area contributed by atoms with Crippen LogP contribution in [0, 0.1) is 12.8 Å². The zero-order chi connectivity index (χ0) is 17.8. The van der Waals surface area contributed by atoms with Crippen molar-refractivity contribution >= 4 is 23.7 Å². The maximum absolute atomic E-state index is 12.8. The molecule has 0 radical (unpaired) electrons. The standard InChI is InChI=1S/C20H22N2O3/c1-15-7-9-17(10-8-15)25-12-11-22-19-6-4-3-5-18(19)21(14-23)13-16(2)20(22)24/h3-10,14,16H,11-13H2,1-2H3. The third kappa shape index (κ3) is 3.65. The molecule has 0 fully saturated rings. The molecule has 1 unspecified atom stereocenters. The Morgan fingerprint density at radius 2 is 1.80 bits per heavy atom. The molecule has 0 bridgehead atoms. The number of hydrogen-bond donors (Lipinski definition) is 0. The van der Waals surface area contributed by atoms with Gasteiger partial charge in [-0.15, -0.1) is 0 Å². The summed E-state index contributed by atoms with van der Waals surface area (Å²) in [5.74, 6) is 0.519. The number of carbonyl (C=O) groups excluding carboxylic acids is 2. The average Bonchev–Trinajstić information content (AvgIpc) is 2.73. The lowest BCUT2D eigenvalue weighted by Gasteiger charge is -2.24. The molecule has 1 aliphatic rings. The summed E-state index contributed by atoms with van der Waals surface area (Å²) in [5.41, 5.74) is 2.67. The van der Waals surface area contributed by atoms with Gasteiger partial charge < -0.3 is 14.5 Å². The van der Waals surface area contributed by atoms with E-state index in [0.717, 1.165) is 23.5 Å². The van der Waals surface area contributed by atoms with Crippen LogP contribution in [-0.2, 0) is 9.59 Å². The quantitative estimate of drug-likeness (QED) is 0.788. The van der Waals surface area contributed by atoms with Crippen LogP contribution in [0.15, 0.2) is 48.5 Å². The summed E-state index contributed by atoms with van der Waals surface area (Å²) in [6.45, 7) is 5.07. The number of para-hydroxylation sites is 2. The van der Waals surface area contributed by atoms with Crippen LogP contribution in [0.5, 0.6) is 5.75 Å². The number of rotatable bonds is 5. The fourth-order valence-corrected chi connectivity index (χ4v) is 3.01. The van der Waals surface area contributed by atoms with Crippen LogP contribution < -0.4 is 14.5 Å².